The number of aryl methyl sites for hydroxylation is 1. The summed E-state index contributed by atoms with van der Waals surface area (Å²) in [5.74, 6) is -3.32. The average molecular weight is 348 g/mol. The lowest BCUT2D eigenvalue weighted by Gasteiger charge is -2.23. The molecule has 2 aliphatic rings. The summed E-state index contributed by atoms with van der Waals surface area (Å²) in [6, 6.07) is 0. The summed E-state index contributed by atoms with van der Waals surface area (Å²) in [5.41, 5.74) is 6.67. The Bertz CT molecular complexity index is 752. The molecular weight excluding hydrogens is 328 g/mol. The number of nitrogens with one attached hydrogen (secondary N) is 1. The number of carbonyl (C=O) groups is 3. The number of hydrogen-bond acceptors (Lipinski definition) is 4. The van der Waals surface area contributed by atoms with Gasteiger partial charge in [-0.2, -0.15) is 0 Å². The maximum Gasteiger partial charge on any atom is 0.307 e. The number of carbonyl (C=O) groups excluding carboxylic acids is 2. The quantitative estimate of drug-likeness (QED) is 0.708. The monoisotopic (exact) mass is 348 g/mol. The van der Waals surface area contributed by atoms with Gasteiger partial charge >= 0.3 is 5.97 Å². The van der Waals surface area contributed by atoms with Gasteiger partial charge < -0.3 is 16.2 Å². The minimum atomic E-state index is -0.946. The summed E-state index contributed by atoms with van der Waals surface area (Å²) in [6.07, 6.45) is 5.17. The molecule has 128 valence electrons. The fourth-order valence-electron chi connectivity index (χ4n) is 4.06. The molecule has 6 nitrogen and oxygen atoms in total. The van der Waals surface area contributed by atoms with Crippen molar-refractivity contribution in [3.05, 3.63) is 28.2 Å². The van der Waals surface area contributed by atoms with Crippen molar-refractivity contribution in [1.29, 1.82) is 0 Å². The summed E-state index contributed by atoms with van der Waals surface area (Å²) in [7, 11) is 0. The number of primary amides is 1. The molecule has 2 amide bonds. The minimum Gasteiger partial charge on any atom is -0.481 e. The van der Waals surface area contributed by atoms with E-state index < -0.39 is 23.7 Å². The molecule has 7 heteroatoms. The molecule has 4 N–H and O–H groups in total. The number of carboxylic acid groups (broad SMARTS) is 1. The molecule has 0 radical (unpaired) electrons. The predicted octanol–water partition coefficient (Wildman–Crippen LogP) is 2.18. The van der Waals surface area contributed by atoms with E-state index in [-0.39, 0.29) is 17.7 Å². The zero-order chi connectivity index (χ0) is 17.6. The van der Waals surface area contributed by atoms with E-state index in [0.29, 0.717) is 23.4 Å². The van der Waals surface area contributed by atoms with Gasteiger partial charge in [0.2, 0.25) is 5.91 Å². The second-order valence-corrected chi connectivity index (χ2v) is 7.61. The lowest BCUT2D eigenvalue weighted by Crippen LogP contribution is -2.36. The van der Waals surface area contributed by atoms with E-state index in [1.165, 1.54) is 11.3 Å². The van der Waals surface area contributed by atoms with Gasteiger partial charge in [-0.3, -0.25) is 14.4 Å². The van der Waals surface area contributed by atoms with E-state index in [9.17, 15) is 19.5 Å². The Labute approximate surface area is 143 Å². The van der Waals surface area contributed by atoms with E-state index >= 15 is 0 Å². The first kappa shape index (κ1) is 16.7. The van der Waals surface area contributed by atoms with Crippen molar-refractivity contribution in [2.75, 3.05) is 5.32 Å². The molecule has 0 saturated heterocycles. The first-order chi connectivity index (χ1) is 11.3. The molecule has 1 fully saturated rings. The third-order valence-corrected chi connectivity index (χ3v) is 6.16. The molecule has 0 unspecified atom stereocenters. The van der Waals surface area contributed by atoms with E-state index in [2.05, 4.69) is 5.32 Å². The molecule has 0 aromatic carbocycles. The zero-order valence-electron chi connectivity index (χ0n) is 13.5. The van der Waals surface area contributed by atoms with Gasteiger partial charge in [0.15, 0.2) is 0 Å². The first-order valence-electron chi connectivity index (χ1n) is 7.99. The number of rotatable bonds is 5. The van der Waals surface area contributed by atoms with Crippen molar-refractivity contribution in [2.45, 2.75) is 26.7 Å². The second-order valence-electron chi connectivity index (χ2n) is 6.39. The van der Waals surface area contributed by atoms with Gasteiger partial charge in [-0.05, 0) is 37.2 Å². The molecule has 2 bridgehead atoms. The fraction of sp³-hybridized carbons (Fsp3) is 0.471. The highest BCUT2D eigenvalue weighted by Crippen LogP contribution is 2.48. The van der Waals surface area contributed by atoms with Gasteiger partial charge in [-0.1, -0.05) is 19.1 Å². The molecule has 1 saturated carbocycles. The first-order valence-corrected chi connectivity index (χ1v) is 8.80. The number of aliphatic carboxylic acids is 1. The van der Waals surface area contributed by atoms with Crippen LogP contribution in [0.15, 0.2) is 12.2 Å². The zero-order valence-corrected chi connectivity index (χ0v) is 14.4. The van der Waals surface area contributed by atoms with Gasteiger partial charge in [-0.15, -0.1) is 11.3 Å². The van der Waals surface area contributed by atoms with Crippen LogP contribution < -0.4 is 11.1 Å². The van der Waals surface area contributed by atoms with Crippen LogP contribution >= 0.6 is 11.3 Å². The average Bonchev–Trinajstić information content (AvgIpc) is 3.18. The number of thiophene rings is 1. The Balaban J connectivity index is 1.89. The Hall–Kier alpha value is -2.15. The van der Waals surface area contributed by atoms with E-state index in [4.69, 9.17) is 5.73 Å². The van der Waals surface area contributed by atoms with E-state index in [1.54, 1.807) is 0 Å². The molecule has 1 heterocycles. The summed E-state index contributed by atoms with van der Waals surface area (Å²) in [5, 5.41) is 12.7. The highest BCUT2D eigenvalue weighted by atomic mass is 32.1. The standard InChI is InChI=1S/C17H20N2O4S/c1-3-10-7(2)24-16(13(10)14(18)20)19-15(21)11-8-4-5-9(6-8)12(11)17(22)23/h4-5,8-9,11-12H,3,6H2,1-2H3,(H2,18,20)(H,19,21)(H,22,23)/t8-,9+,11+,12+/m1/s1. The second kappa shape index (κ2) is 6.05. The summed E-state index contributed by atoms with van der Waals surface area (Å²) in [4.78, 5) is 37.0. The van der Waals surface area contributed by atoms with Crippen molar-refractivity contribution in [3.8, 4) is 0 Å². The van der Waals surface area contributed by atoms with Crippen LogP contribution in [0.1, 0.15) is 34.1 Å². The van der Waals surface area contributed by atoms with Gasteiger partial charge in [0, 0.05) is 4.88 Å². The smallest absolute Gasteiger partial charge is 0.307 e. The number of fused-ring (bicyclic) bond motifs is 2. The fourth-order valence-corrected chi connectivity index (χ4v) is 5.22. The van der Waals surface area contributed by atoms with E-state index in [0.717, 1.165) is 10.4 Å². The van der Waals surface area contributed by atoms with Crippen LogP contribution in [-0.2, 0) is 16.0 Å². The molecule has 0 spiro atoms. The number of allylic oxidation sites excluding steroid dienone is 2. The topological polar surface area (TPSA) is 109 Å². The largest absolute Gasteiger partial charge is 0.481 e. The van der Waals surface area contributed by atoms with Gasteiger partial charge in [0.05, 0.1) is 17.4 Å². The van der Waals surface area contributed by atoms with Crippen LogP contribution in [0.25, 0.3) is 0 Å². The third-order valence-electron chi connectivity index (χ3n) is 5.09. The molecule has 1 aromatic heterocycles. The van der Waals surface area contributed by atoms with Crippen LogP contribution in [0.2, 0.25) is 0 Å². The molecule has 3 rings (SSSR count). The predicted molar refractivity (Wildman–Crippen MR) is 90.9 cm³/mol. The number of amides is 2. The Kier molecular flexibility index (Phi) is 4.21. The van der Waals surface area contributed by atoms with Crippen molar-refractivity contribution >= 4 is 34.1 Å². The van der Waals surface area contributed by atoms with Crippen molar-refractivity contribution in [1.82, 2.24) is 0 Å². The van der Waals surface area contributed by atoms with Gasteiger partial charge in [-0.25, -0.2) is 0 Å². The number of carboxylic acids is 1. The summed E-state index contributed by atoms with van der Waals surface area (Å²) in [6.45, 7) is 3.81. The highest BCUT2D eigenvalue weighted by Gasteiger charge is 2.51. The normalized spacial score (nSPS) is 27.4. The SMILES string of the molecule is CCc1c(C)sc(NC(=O)[C@@H]2[C@@H](C(=O)O)[C@H]3C=C[C@@H]2C3)c1C(N)=O. The number of nitrogens with two attached hydrogens (primary N) is 1. The molecule has 0 aliphatic heterocycles. The van der Waals surface area contributed by atoms with Crippen molar-refractivity contribution in [3.63, 3.8) is 0 Å². The number of hydrogen-bond donors (Lipinski definition) is 3. The molecular formula is C17H20N2O4S. The maximum absolute atomic E-state index is 12.7. The lowest BCUT2D eigenvalue weighted by molar-refractivity contribution is -0.146. The molecule has 4 atom stereocenters. The maximum atomic E-state index is 12.7. The van der Waals surface area contributed by atoms with Crippen LogP contribution in [0, 0.1) is 30.6 Å². The van der Waals surface area contributed by atoms with Gasteiger partial charge in [0.25, 0.3) is 5.91 Å². The highest BCUT2D eigenvalue weighted by molar-refractivity contribution is 7.16. The van der Waals surface area contributed by atoms with Crippen molar-refractivity contribution < 1.29 is 19.5 Å². The summed E-state index contributed by atoms with van der Waals surface area (Å²) >= 11 is 1.31. The Morgan fingerprint density at radius 2 is 1.92 bits per heavy atom. The molecule has 24 heavy (non-hydrogen) atoms. The van der Waals surface area contributed by atoms with Crippen molar-refractivity contribution in [2.24, 2.45) is 29.4 Å². The lowest BCUT2D eigenvalue weighted by atomic mass is 9.82. The van der Waals surface area contributed by atoms with E-state index in [1.807, 2.05) is 26.0 Å². The Morgan fingerprint density at radius 1 is 1.29 bits per heavy atom. The van der Waals surface area contributed by atoms with Crippen LogP contribution in [0.5, 0.6) is 0 Å². The van der Waals surface area contributed by atoms with Crippen LogP contribution in [0.3, 0.4) is 0 Å². The molecule has 2 aliphatic carbocycles. The minimum absolute atomic E-state index is 0.0557. The van der Waals surface area contributed by atoms with Crippen LogP contribution in [0.4, 0.5) is 5.00 Å². The third kappa shape index (κ3) is 2.53. The van der Waals surface area contributed by atoms with Crippen LogP contribution in [-0.4, -0.2) is 22.9 Å². The van der Waals surface area contributed by atoms with Gasteiger partial charge in [0.1, 0.15) is 5.00 Å². The Morgan fingerprint density at radius 3 is 2.46 bits per heavy atom. The molecule has 1 aromatic rings. The number of anilines is 1. The summed E-state index contributed by atoms with van der Waals surface area (Å²) < 4.78 is 0.